The van der Waals surface area contributed by atoms with Crippen LogP contribution >= 0.6 is 0 Å². The van der Waals surface area contributed by atoms with Crippen molar-refractivity contribution < 1.29 is 22.7 Å². The molecule has 6 nitrogen and oxygen atoms in total. The number of hydrogen-bond acceptors (Lipinski definition) is 5. The van der Waals surface area contributed by atoms with Crippen LogP contribution in [0.2, 0.25) is 0 Å². The monoisotopic (exact) mass is 389 g/mol. The highest BCUT2D eigenvalue weighted by Crippen LogP contribution is 2.35. The summed E-state index contributed by atoms with van der Waals surface area (Å²) in [4.78, 5) is 11.6. The van der Waals surface area contributed by atoms with E-state index in [9.17, 15) is 13.2 Å². The van der Waals surface area contributed by atoms with Crippen molar-refractivity contribution in [1.82, 2.24) is 4.72 Å². The van der Waals surface area contributed by atoms with Crippen LogP contribution < -0.4 is 14.2 Å². The largest absolute Gasteiger partial charge is 0.494 e. The Kier molecular flexibility index (Phi) is 5.53. The number of fused-ring (bicyclic) bond motifs is 1. The summed E-state index contributed by atoms with van der Waals surface area (Å²) in [5.74, 6) is 1.23. The van der Waals surface area contributed by atoms with Gasteiger partial charge in [0, 0.05) is 29.7 Å². The number of ether oxygens (including phenoxy) is 2. The smallest absolute Gasteiger partial charge is 0.240 e. The molecule has 1 aliphatic rings. The van der Waals surface area contributed by atoms with E-state index in [2.05, 4.69) is 4.72 Å². The lowest BCUT2D eigenvalue weighted by Gasteiger charge is -2.14. The molecule has 7 heteroatoms. The van der Waals surface area contributed by atoms with Crippen molar-refractivity contribution in [3.05, 3.63) is 53.1 Å². The lowest BCUT2D eigenvalue weighted by atomic mass is 10.1. The number of carbonyl (C=O) groups excluding carboxylic acids is 1. The van der Waals surface area contributed by atoms with Gasteiger partial charge in [-0.15, -0.1) is 0 Å². The molecule has 1 N–H and O–H groups in total. The van der Waals surface area contributed by atoms with Crippen LogP contribution in [0.15, 0.2) is 41.3 Å². The van der Waals surface area contributed by atoms with Gasteiger partial charge in [0.05, 0.1) is 11.5 Å². The quantitative estimate of drug-likeness (QED) is 0.736. The lowest BCUT2D eigenvalue weighted by Crippen LogP contribution is -2.24. The zero-order valence-corrected chi connectivity index (χ0v) is 16.4. The number of ketones is 1. The average Bonchev–Trinajstić information content (AvgIpc) is 2.99. The molecule has 0 radical (unpaired) electrons. The zero-order valence-electron chi connectivity index (χ0n) is 15.6. The Bertz CT molecular complexity index is 968. The highest BCUT2D eigenvalue weighted by molar-refractivity contribution is 7.89. The summed E-state index contributed by atoms with van der Waals surface area (Å²) in [6.45, 7) is 5.82. The van der Waals surface area contributed by atoms with Crippen LogP contribution in [0.3, 0.4) is 0 Å². The van der Waals surface area contributed by atoms with Crippen LogP contribution in [0.25, 0.3) is 0 Å². The van der Waals surface area contributed by atoms with E-state index < -0.39 is 10.0 Å². The van der Waals surface area contributed by atoms with Gasteiger partial charge in [0.15, 0.2) is 5.78 Å². The first kappa shape index (κ1) is 19.4. The van der Waals surface area contributed by atoms with Gasteiger partial charge in [-0.25, -0.2) is 13.1 Å². The topological polar surface area (TPSA) is 81.7 Å². The molecule has 3 rings (SSSR count). The van der Waals surface area contributed by atoms with E-state index in [0.717, 1.165) is 17.7 Å². The van der Waals surface area contributed by atoms with Crippen LogP contribution in [-0.4, -0.2) is 26.9 Å². The number of Topliss-reactive ketones (excluding diaryl/α,β-unsaturated/α-hetero) is 1. The summed E-state index contributed by atoms with van der Waals surface area (Å²) in [5.41, 5.74) is 2.12. The first-order valence-electron chi connectivity index (χ1n) is 8.86. The third-order valence-corrected chi connectivity index (χ3v) is 5.78. The highest BCUT2D eigenvalue weighted by Gasteiger charge is 2.23. The maximum atomic E-state index is 12.6. The number of hydrogen-bond donors (Lipinski definition) is 1. The number of rotatable bonds is 7. The van der Waals surface area contributed by atoms with E-state index in [0.29, 0.717) is 23.5 Å². The van der Waals surface area contributed by atoms with Crippen molar-refractivity contribution in [3.63, 3.8) is 0 Å². The third kappa shape index (κ3) is 4.31. The lowest BCUT2D eigenvalue weighted by molar-refractivity contribution is 0.101. The minimum Gasteiger partial charge on any atom is -0.494 e. The minimum absolute atomic E-state index is 0.0548. The van der Waals surface area contributed by atoms with Crippen molar-refractivity contribution in [2.75, 3.05) is 6.61 Å². The van der Waals surface area contributed by atoms with E-state index >= 15 is 0 Å². The highest BCUT2D eigenvalue weighted by atomic mass is 32.2. The van der Waals surface area contributed by atoms with E-state index in [4.69, 9.17) is 9.47 Å². The standard InChI is InChI=1S/C20H23NO5S/c1-4-25-19-10-16-8-13(2)26-20(16)11-17(19)12-21-27(23,24)18-7-5-6-15(9-18)14(3)22/h5-7,9-11,13,21H,4,8,12H2,1-3H3/t13-/m0/s1. The minimum atomic E-state index is -3.77. The Morgan fingerprint density at radius 2 is 2.07 bits per heavy atom. The number of nitrogens with one attached hydrogen (secondary N) is 1. The molecule has 2 aromatic carbocycles. The molecule has 0 bridgehead atoms. The Morgan fingerprint density at radius 1 is 1.30 bits per heavy atom. The van der Waals surface area contributed by atoms with Crippen molar-refractivity contribution in [3.8, 4) is 11.5 Å². The summed E-state index contributed by atoms with van der Waals surface area (Å²) < 4.78 is 39.3. The molecule has 0 aliphatic carbocycles. The van der Waals surface area contributed by atoms with Gasteiger partial charge in [-0.1, -0.05) is 12.1 Å². The Hall–Kier alpha value is -2.38. The molecule has 0 spiro atoms. The van der Waals surface area contributed by atoms with Gasteiger partial charge in [-0.3, -0.25) is 4.79 Å². The second-order valence-electron chi connectivity index (χ2n) is 6.54. The molecule has 1 heterocycles. The fraction of sp³-hybridized carbons (Fsp3) is 0.350. The molecule has 0 saturated heterocycles. The van der Waals surface area contributed by atoms with Crippen LogP contribution in [0.4, 0.5) is 0 Å². The molecule has 1 atom stereocenters. The second-order valence-corrected chi connectivity index (χ2v) is 8.31. The van der Waals surface area contributed by atoms with Crippen LogP contribution in [0, 0.1) is 0 Å². The molecule has 0 fully saturated rings. The molecule has 0 aromatic heterocycles. The molecule has 144 valence electrons. The van der Waals surface area contributed by atoms with E-state index in [1.807, 2.05) is 26.0 Å². The predicted molar refractivity (Wildman–Crippen MR) is 102 cm³/mol. The summed E-state index contributed by atoms with van der Waals surface area (Å²) in [6, 6.07) is 9.74. The Morgan fingerprint density at radius 3 is 2.78 bits per heavy atom. The summed E-state index contributed by atoms with van der Waals surface area (Å²) in [7, 11) is -3.77. The van der Waals surface area contributed by atoms with Gasteiger partial charge < -0.3 is 9.47 Å². The SMILES string of the molecule is CCOc1cc2c(cc1CNS(=O)(=O)c1cccc(C(C)=O)c1)O[C@@H](C)C2. The number of sulfonamides is 1. The van der Waals surface area contributed by atoms with Gasteiger partial charge in [0.2, 0.25) is 10.0 Å². The maximum absolute atomic E-state index is 12.6. The molecule has 0 amide bonds. The normalized spacial score (nSPS) is 15.9. The van der Waals surface area contributed by atoms with E-state index in [1.165, 1.54) is 19.1 Å². The Labute approximate surface area is 159 Å². The fourth-order valence-corrected chi connectivity index (χ4v) is 4.10. The molecule has 1 aliphatic heterocycles. The Balaban J connectivity index is 1.84. The average molecular weight is 389 g/mol. The molecule has 2 aromatic rings. The maximum Gasteiger partial charge on any atom is 0.240 e. The van der Waals surface area contributed by atoms with Gasteiger partial charge in [-0.05, 0) is 45.0 Å². The zero-order chi connectivity index (χ0) is 19.6. The number of benzene rings is 2. The van der Waals surface area contributed by atoms with Gasteiger partial charge in [0.1, 0.15) is 17.6 Å². The van der Waals surface area contributed by atoms with Crippen LogP contribution in [0.1, 0.15) is 42.3 Å². The molecular formula is C20H23NO5S. The van der Waals surface area contributed by atoms with Crippen molar-refractivity contribution in [2.24, 2.45) is 0 Å². The summed E-state index contributed by atoms with van der Waals surface area (Å²) >= 11 is 0. The molecule has 0 unspecified atom stereocenters. The summed E-state index contributed by atoms with van der Waals surface area (Å²) in [5, 5.41) is 0. The van der Waals surface area contributed by atoms with Gasteiger partial charge >= 0.3 is 0 Å². The predicted octanol–water partition coefficient (Wildman–Crippen LogP) is 3.09. The van der Waals surface area contributed by atoms with Crippen molar-refractivity contribution in [2.45, 2.75) is 44.7 Å². The second kappa shape index (κ2) is 7.70. The van der Waals surface area contributed by atoms with Crippen molar-refractivity contribution in [1.29, 1.82) is 0 Å². The first-order valence-corrected chi connectivity index (χ1v) is 10.3. The first-order chi connectivity index (χ1) is 12.8. The van der Waals surface area contributed by atoms with Crippen molar-refractivity contribution >= 4 is 15.8 Å². The van der Waals surface area contributed by atoms with E-state index in [1.54, 1.807) is 12.1 Å². The fourth-order valence-electron chi connectivity index (χ4n) is 3.05. The van der Waals surface area contributed by atoms with Crippen LogP contribution in [-0.2, 0) is 23.0 Å². The van der Waals surface area contributed by atoms with Gasteiger partial charge in [0.25, 0.3) is 0 Å². The third-order valence-electron chi connectivity index (χ3n) is 4.38. The van der Waals surface area contributed by atoms with Gasteiger partial charge in [-0.2, -0.15) is 0 Å². The van der Waals surface area contributed by atoms with E-state index in [-0.39, 0.29) is 23.3 Å². The molecule has 0 saturated carbocycles. The molecule has 27 heavy (non-hydrogen) atoms. The molecular weight excluding hydrogens is 366 g/mol. The summed E-state index contributed by atoms with van der Waals surface area (Å²) in [6.07, 6.45) is 0.898. The number of carbonyl (C=O) groups is 1. The van der Waals surface area contributed by atoms with Crippen LogP contribution in [0.5, 0.6) is 11.5 Å².